The number of hydrogen-bond donors (Lipinski definition) is 0. The van der Waals surface area contributed by atoms with Crippen LogP contribution in [-0.2, 0) is 0 Å². The summed E-state index contributed by atoms with van der Waals surface area (Å²) in [7, 11) is 0. The van der Waals surface area contributed by atoms with Gasteiger partial charge in [-0.25, -0.2) is 0 Å². The van der Waals surface area contributed by atoms with Crippen molar-refractivity contribution >= 4 is 19.4 Å². The van der Waals surface area contributed by atoms with Crippen molar-refractivity contribution in [2.24, 2.45) is 0 Å². The molecule has 0 fully saturated rings. The predicted octanol–water partition coefficient (Wildman–Crippen LogP) is 1.79. The Labute approximate surface area is 73.0 Å². The molecule has 0 bridgehead atoms. The van der Waals surface area contributed by atoms with Gasteiger partial charge in [0.2, 0.25) is 0 Å². The molecule has 2 heteroatoms. The van der Waals surface area contributed by atoms with E-state index in [1.807, 2.05) is 18.2 Å². The molecule has 0 radical (unpaired) electrons. The summed E-state index contributed by atoms with van der Waals surface area (Å²) in [6.07, 6.45) is -0.657. The standard InChI is InChI=1S/C9H11FSe/c1-8(10)7-11-9-5-3-2-4-6-9/h2-6,8H,7H2,1H3. The van der Waals surface area contributed by atoms with Gasteiger partial charge in [0, 0.05) is 0 Å². The van der Waals surface area contributed by atoms with Gasteiger partial charge in [-0.1, -0.05) is 0 Å². The monoisotopic (exact) mass is 218 g/mol. The zero-order chi connectivity index (χ0) is 8.10. The minimum atomic E-state index is -0.657. The molecule has 0 heterocycles. The molecule has 1 rings (SSSR count). The Bertz CT molecular complexity index is 196. The van der Waals surface area contributed by atoms with Crippen LogP contribution in [-0.4, -0.2) is 21.1 Å². The van der Waals surface area contributed by atoms with Crippen LogP contribution in [0.2, 0.25) is 5.32 Å². The first-order valence-corrected chi connectivity index (χ1v) is 5.68. The van der Waals surface area contributed by atoms with E-state index in [4.69, 9.17) is 0 Å². The molecule has 1 atom stereocenters. The summed E-state index contributed by atoms with van der Waals surface area (Å²) >= 11 is 0.315. The number of benzene rings is 1. The average molecular weight is 217 g/mol. The van der Waals surface area contributed by atoms with Crippen LogP contribution in [0.15, 0.2) is 30.3 Å². The van der Waals surface area contributed by atoms with Crippen molar-refractivity contribution in [2.75, 3.05) is 0 Å². The molecule has 0 amide bonds. The van der Waals surface area contributed by atoms with Crippen LogP contribution in [0.25, 0.3) is 0 Å². The van der Waals surface area contributed by atoms with E-state index in [-0.39, 0.29) is 0 Å². The van der Waals surface area contributed by atoms with Crippen LogP contribution in [0, 0.1) is 0 Å². The fourth-order valence-corrected chi connectivity index (χ4v) is 2.35. The Balaban J connectivity index is 2.39. The summed E-state index contributed by atoms with van der Waals surface area (Å²) < 4.78 is 13.7. The van der Waals surface area contributed by atoms with Gasteiger partial charge in [-0.15, -0.1) is 0 Å². The topological polar surface area (TPSA) is 0 Å². The molecule has 0 aromatic heterocycles. The van der Waals surface area contributed by atoms with Crippen molar-refractivity contribution in [3.63, 3.8) is 0 Å². The van der Waals surface area contributed by atoms with Gasteiger partial charge < -0.3 is 0 Å². The van der Waals surface area contributed by atoms with Crippen LogP contribution >= 0.6 is 0 Å². The van der Waals surface area contributed by atoms with Crippen molar-refractivity contribution in [3.05, 3.63) is 30.3 Å². The third-order valence-corrected chi connectivity index (χ3v) is 3.81. The Morgan fingerprint density at radius 2 is 2.00 bits per heavy atom. The van der Waals surface area contributed by atoms with Crippen molar-refractivity contribution in [3.8, 4) is 0 Å². The van der Waals surface area contributed by atoms with Crippen LogP contribution in [0.4, 0.5) is 4.39 Å². The van der Waals surface area contributed by atoms with Crippen LogP contribution < -0.4 is 4.46 Å². The molecular weight excluding hydrogens is 206 g/mol. The second-order valence-corrected chi connectivity index (χ2v) is 4.70. The van der Waals surface area contributed by atoms with E-state index in [1.165, 1.54) is 4.46 Å². The van der Waals surface area contributed by atoms with Gasteiger partial charge in [0.25, 0.3) is 0 Å². The molecule has 0 saturated carbocycles. The van der Waals surface area contributed by atoms with Crippen LogP contribution in [0.5, 0.6) is 0 Å². The molecule has 0 nitrogen and oxygen atoms in total. The van der Waals surface area contributed by atoms with Crippen LogP contribution in [0.1, 0.15) is 6.92 Å². The SMILES string of the molecule is CC(F)C[Se]c1ccccc1. The summed E-state index contributed by atoms with van der Waals surface area (Å²) in [4.78, 5) is 0. The van der Waals surface area contributed by atoms with Crippen molar-refractivity contribution in [1.82, 2.24) is 0 Å². The summed E-state index contributed by atoms with van der Waals surface area (Å²) in [5.41, 5.74) is 0. The Hall–Kier alpha value is -0.331. The maximum atomic E-state index is 12.4. The molecular formula is C9H11FSe. The van der Waals surface area contributed by atoms with Gasteiger partial charge in [0.1, 0.15) is 0 Å². The summed E-state index contributed by atoms with van der Waals surface area (Å²) in [5, 5.41) is 0.691. The zero-order valence-electron chi connectivity index (χ0n) is 6.46. The van der Waals surface area contributed by atoms with E-state index in [2.05, 4.69) is 12.1 Å². The Kier molecular flexibility index (Phi) is 3.61. The molecule has 60 valence electrons. The molecule has 11 heavy (non-hydrogen) atoms. The van der Waals surface area contributed by atoms with Gasteiger partial charge in [-0.2, -0.15) is 0 Å². The fraction of sp³-hybridized carbons (Fsp3) is 0.333. The summed E-state index contributed by atoms with van der Waals surface area (Å²) in [6, 6.07) is 10.1. The van der Waals surface area contributed by atoms with E-state index in [1.54, 1.807) is 6.92 Å². The van der Waals surface area contributed by atoms with Crippen LogP contribution in [0.3, 0.4) is 0 Å². The van der Waals surface area contributed by atoms with E-state index in [0.717, 1.165) is 0 Å². The third kappa shape index (κ3) is 3.54. The molecule has 0 N–H and O–H groups in total. The fourth-order valence-electron chi connectivity index (χ4n) is 0.728. The maximum absolute atomic E-state index is 12.4. The Morgan fingerprint density at radius 1 is 1.36 bits per heavy atom. The number of alkyl halides is 1. The third-order valence-electron chi connectivity index (χ3n) is 1.22. The first-order valence-electron chi connectivity index (χ1n) is 3.61. The molecule has 1 unspecified atom stereocenters. The van der Waals surface area contributed by atoms with Gasteiger partial charge >= 0.3 is 72.6 Å². The number of halogens is 1. The molecule has 0 aliphatic carbocycles. The van der Waals surface area contributed by atoms with Gasteiger partial charge in [0.05, 0.1) is 0 Å². The van der Waals surface area contributed by atoms with Gasteiger partial charge in [0.15, 0.2) is 0 Å². The summed E-state index contributed by atoms with van der Waals surface area (Å²) in [5.74, 6) is 0. The van der Waals surface area contributed by atoms with E-state index < -0.39 is 6.17 Å². The molecule has 1 aromatic carbocycles. The van der Waals surface area contributed by atoms with Crippen molar-refractivity contribution in [1.29, 1.82) is 0 Å². The minimum absolute atomic E-state index is 0.315. The zero-order valence-corrected chi connectivity index (χ0v) is 8.17. The average Bonchev–Trinajstić information content (AvgIpc) is 2.03. The second kappa shape index (κ2) is 4.53. The molecule has 1 aromatic rings. The second-order valence-electron chi connectivity index (χ2n) is 2.40. The normalized spacial score (nSPS) is 12.9. The van der Waals surface area contributed by atoms with Crippen molar-refractivity contribution < 1.29 is 4.39 Å². The van der Waals surface area contributed by atoms with Crippen molar-refractivity contribution in [2.45, 2.75) is 18.4 Å². The molecule has 0 aliphatic heterocycles. The first-order chi connectivity index (χ1) is 5.29. The van der Waals surface area contributed by atoms with Gasteiger partial charge in [-0.3, -0.25) is 0 Å². The summed E-state index contributed by atoms with van der Waals surface area (Å²) in [6.45, 7) is 1.62. The number of rotatable bonds is 3. The molecule has 0 aliphatic rings. The first kappa shape index (κ1) is 8.76. The predicted molar refractivity (Wildman–Crippen MR) is 47.2 cm³/mol. The van der Waals surface area contributed by atoms with Gasteiger partial charge in [-0.05, 0) is 0 Å². The quantitative estimate of drug-likeness (QED) is 0.677. The molecule has 0 spiro atoms. The van der Waals surface area contributed by atoms with E-state index >= 15 is 0 Å². The van der Waals surface area contributed by atoms with E-state index in [0.29, 0.717) is 20.3 Å². The molecule has 0 saturated heterocycles. The van der Waals surface area contributed by atoms with E-state index in [9.17, 15) is 4.39 Å². The number of hydrogen-bond acceptors (Lipinski definition) is 0. The Morgan fingerprint density at radius 3 is 2.55 bits per heavy atom.